The number of hydrogen-bond donors (Lipinski definition) is 1. The van der Waals surface area contributed by atoms with Crippen LogP contribution in [0, 0.1) is 0 Å². The summed E-state index contributed by atoms with van der Waals surface area (Å²) in [5, 5.41) is 6.21. The molecule has 0 atom stereocenters. The number of amides is 1. The third-order valence-electron chi connectivity index (χ3n) is 4.96. The fraction of sp³-hybridized carbons (Fsp3) is 0.474. The van der Waals surface area contributed by atoms with Crippen LogP contribution in [0.2, 0.25) is 0 Å². The molecule has 1 aromatic heterocycles. The number of rotatable bonds is 5. The van der Waals surface area contributed by atoms with Crippen LogP contribution in [0.3, 0.4) is 0 Å². The Kier molecular flexibility index (Phi) is 5.31. The summed E-state index contributed by atoms with van der Waals surface area (Å²) < 4.78 is 0. The number of carbonyl (C=O) groups excluding carboxylic acids is 1. The first-order chi connectivity index (χ1) is 11.6. The van der Waals surface area contributed by atoms with Gasteiger partial charge < -0.3 is 10.2 Å². The van der Waals surface area contributed by atoms with Gasteiger partial charge in [0.15, 0.2) is 0 Å². The van der Waals surface area contributed by atoms with Crippen LogP contribution >= 0.6 is 11.3 Å². The normalized spacial score (nSPS) is 17.6. The van der Waals surface area contributed by atoms with Gasteiger partial charge in [0.25, 0.3) is 0 Å². The summed E-state index contributed by atoms with van der Waals surface area (Å²) in [6.07, 6.45) is 2.65. The third kappa shape index (κ3) is 3.52. The number of nitrogens with one attached hydrogen (secondary N) is 1. The number of piperidine rings is 1. The second-order valence-corrected chi connectivity index (χ2v) is 7.46. The summed E-state index contributed by atoms with van der Waals surface area (Å²) in [6, 6.07) is 10.2. The van der Waals surface area contributed by atoms with E-state index in [1.807, 2.05) is 18.2 Å². The molecular formula is C19H25N3OS. The average Bonchev–Trinajstić information content (AvgIpc) is 3.09. The molecule has 5 heteroatoms. The highest BCUT2D eigenvalue weighted by Crippen LogP contribution is 2.35. The van der Waals surface area contributed by atoms with Crippen LogP contribution in [0.15, 0.2) is 35.7 Å². The van der Waals surface area contributed by atoms with E-state index in [9.17, 15) is 4.79 Å². The molecule has 1 aliphatic rings. The molecule has 0 spiro atoms. The van der Waals surface area contributed by atoms with Gasteiger partial charge in [-0.1, -0.05) is 37.3 Å². The van der Waals surface area contributed by atoms with E-state index in [4.69, 9.17) is 0 Å². The van der Waals surface area contributed by atoms with E-state index in [1.54, 1.807) is 11.3 Å². The van der Waals surface area contributed by atoms with Crippen molar-refractivity contribution in [1.29, 1.82) is 0 Å². The van der Waals surface area contributed by atoms with Gasteiger partial charge in [-0.2, -0.15) is 0 Å². The lowest BCUT2D eigenvalue weighted by molar-refractivity contribution is -0.128. The molecule has 0 saturated carbocycles. The lowest BCUT2D eigenvalue weighted by atomic mass is 9.72. The Morgan fingerprint density at radius 2 is 2.00 bits per heavy atom. The molecule has 1 fully saturated rings. The van der Waals surface area contributed by atoms with Gasteiger partial charge >= 0.3 is 0 Å². The number of hydrogen-bond acceptors (Lipinski definition) is 4. The van der Waals surface area contributed by atoms with Crippen LogP contribution in [-0.4, -0.2) is 35.9 Å². The zero-order chi connectivity index (χ0) is 17.0. The maximum Gasteiger partial charge on any atom is 0.231 e. The molecule has 2 aromatic rings. The zero-order valence-corrected chi connectivity index (χ0v) is 15.2. The van der Waals surface area contributed by atoms with Crippen molar-refractivity contribution in [1.82, 2.24) is 15.2 Å². The Morgan fingerprint density at radius 3 is 2.62 bits per heavy atom. The number of likely N-dealkylation sites (tertiary alicyclic amines) is 1. The maximum absolute atomic E-state index is 13.1. The van der Waals surface area contributed by atoms with Gasteiger partial charge in [-0.05, 0) is 45.0 Å². The third-order valence-corrected chi connectivity index (χ3v) is 5.86. The first kappa shape index (κ1) is 17.1. The highest BCUT2D eigenvalue weighted by molar-refractivity contribution is 7.09. The number of nitrogens with zero attached hydrogens (tertiary/aromatic N) is 2. The van der Waals surface area contributed by atoms with E-state index < -0.39 is 5.41 Å². The summed E-state index contributed by atoms with van der Waals surface area (Å²) in [5.74, 6) is 0.134. The molecule has 4 nitrogen and oxygen atoms in total. The SMILES string of the molecule is CCc1csc(CNC(=O)C2(c3ccccc3)CCN(C)CC2)n1. The topological polar surface area (TPSA) is 45.2 Å². The van der Waals surface area contributed by atoms with Crippen molar-refractivity contribution >= 4 is 17.2 Å². The summed E-state index contributed by atoms with van der Waals surface area (Å²) in [6.45, 7) is 4.51. The van der Waals surface area contributed by atoms with Gasteiger partial charge in [0.05, 0.1) is 17.7 Å². The van der Waals surface area contributed by atoms with Crippen LogP contribution in [0.25, 0.3) is 0 Å². The van der Waals surface area contributed by atoms with E-state index >= 15 is 0 Å². The van der Waals surface area contributed by atoms with Gasteiger partial charge in [0, 0.05) is 5.38 Å². The second kappa shape index (κ2) is 7.45. The minimum absolute atomic E-state index is 0.134. The van der Waals surface area contributed by atoms with Crippen molar-refractivity contribution in [3.8, 4) is 0 Å². The van der Waals surface area contributed by atoms with E-state index in [0.29, 0.717) is 6.54 Å². The molecule has 1 aliphatic heterocycles. The van der Waals surface area contributed by atoms with Crippen molar-refractivity contribution < 1.29 is 4.79 Å². The molecule has 3 rings (SSSR count). The van der Waals surface area contributed by atoms with Crippen molar-refractivity contribution in [2.45, 2.75) is 38.1 Å². The Morgan fingerprint density at radius 1 is 1.29 bits per heavy atom. The fourth-order valence-electron chi connectivity index (χ4n) is 3.32. The van der Waals surface area contributed by atoms with Crippen LogP contribution in [0.1, 0.15) is 36.0 Å². The van der Waals surface area contributed by atoms with E-state index in [0.717, 1.165) is 48.6 Å². The molecule has 1 aromatic carbocycles. The second-order valence-electron chi connectivity index (χ2n) is 6.52. The van der Waals surface area contributed by atoms with Crippen LogP contribution in [0.5, 0.6) is 0 Å². The number of carbonyl (C=O) groups is 1. The molecule has 128 valence electrons. The van der Waals surface area contributed by atoms with Crippen LogP contribution < -0.4 is 5.32 Å². The van der Waals surface area contributed by atoms with E-state index in [1.165, 1.54) is 0 Å². The zero-order valence-electron chi connectivity index (χ0n) is 14.4. The molecule has 0 radical (unpaired) electrons. The highest BCUT2D eigenvalue weighted by Gasteiger charge is 2.42. The Hall–Kier alpha value is -1.72. The first-order valence-corrected chi connectivity index (χ1v) is 9.47. The Balaban J connectivity index is 1.76. The van der Waals surface area contributed by atoms with Crippen LogP contribution in [0.4, 0.5) is 0 Å². The van der Waals surface area contributed by atoms with Gasteiger partial charge in [-0.15, -0.1) is 11.3 Å². The Bertz CT molecular complexity index is 675. The molecule has 1 saturated heterocycles. The smallest absolute Gasteiger partial charge is 0.231 e. The molecule has 1 amide bonds. The quantitative estimate of drug-likeness (QED) is 0.908. The molecular weight excluding hydrogens is 318 g/mol. The van der Waals surface area contributed by atoms with Crippen molar-refractivity contribution in [2.75, 3.05) is 20.1 Å². The van der Waals surface area contributed by atoms with Gasteiger partial charge in [0.1, 0.15) is 5.01 Å². The van der Waals surface area contributed by atoms with E-state index in [-0.39, 0.29) is 5.91 Å². The van der Waals surface area contributed by atoms with Gasteiger partial charge in [-0.25, -0.2) is 4.98 Å². The Labute approximate surface area is 147 Å². The molecule has 1 N–H and O–H groups in total. The number of benzene rings is 1. The van der Waals surface area contributed by atoms with Crippen molar-refractivity contribution in [2.24, 2.45) is 0 Å². The average molecular weight is 343 g/mol. The highest BCUT2D eigenvalue weighted by atomic mass is 32.1. The molecule has 2 heterocycles. The van der Waals surface area contributed by atoms with Gasteiger partial charge in [0.2, 0.25) is 5.91 Å². The minimum atomic E-state index is -0.418. The summed E-state index contributed by atoms with van der Waals surface area (Å²) in [7, 11) is 2.12. The minimum Gasteiger partial charge on any atom is -0.349 e. The summed E-state index contributed by atoms with van der Waals surface area (Å²) in [5.41, 5.74) is 1.81. The first-order valence-electron chi connectivity index (χ1n) is 8.60. The molecule has 0 aliphatic carbocycles. The predicted octanol–water partition coefficient (Wildman–Crippen LogP) is 2.99. The number of thiazole rings is 1. The largest absolute Gasteiger partial charge is 0.349 e. The standard InChI is InChI=1S/C19H25N3OS/c1-3-16-14-24-17(21-16)13-20-18(23)19(9-11-22(2)12-10-19)15-7-5-4-6-8-15/h4-8,14H,3,9-13H2,1-2H3,(H,20,23). The van der Waals surface area contributed by atoms with Crippen molar-refractivity contribution in [3.05, 3.63) is 52.0 Å². The van der Waals surface area contributed by atoms with Gasteiger partial charge in [-0.3, -0.25) is 4.79 Å². The molecule has 0 unspecified atom stereocenters. The predicted molar refractivity (Wildman–Crippen MR) is 98.2 cm³/mol. The van der Waals surface area contributed by atoms with Crippen molar-refractivity contribution in [3.63, 3.8) is 0 Å². The van der Waals surface area contributed by atoms with Crippen LogP contribution in [-0.2, 0) is 23.2 Å². The van der Waals surface area contributed by atoms with E-state index in [2.05, 4.69) is 46.7 Å². The molecule has 0 bridgehead atoms. The fourth-order valence-corrected chi connectivity index (χ4v) is 4.14. The summed E-state index contributed by atoms with van der Waals surface area (Å²) in [4.78, 5) is 20.0. The summed E-state index contributed by atoms with van der Waals surface area (Å²) >= 11 is 1.62. The monoisotopic (exact) mass is 343 g/mol. The lowest BCUT2D eigenvalue weighted by Gasteiger charge is -2.39. The number of aryl methyl sites for hydroxylation is 1. The number of aromatic nitrogens is 1. The maximum atomic E-state index is 13.1. The molecule has 24 heavy (non-hydrogen) atoms. The lowest BCUT2D eigenvalue weighted by Crippen LogP contribution is -2.50.